The van der Waals surface area contributed by atoms with Crippen LogP contribution in [0, 0.1) is 11.8 Å². The molecule has 9 heteroatoms. The molecule has 0 saturated carbocycles. The van der Waals surface area contributed by atoms with Gasteiger partial charge in [0.2, 0.25) is 0 Å². The minimum absolute atomic E-state index is 0.0553. The molecule has 0 aliphatic carbocycles. The number of anilines is 2. The molecule has 2 aromatic carbocycles. The summed E-state index contributed by atoms with van der Waals surface area (Å²) in [5.41, 5.74) is 0.0921. The van der Waals surface area contributed by atoms with Crippen LogP contribution in [0.15, 0.2) is 48.5 Å². The quantitative estimate of drug-likeness (QED) is 0.766. The maximum absolute atomic E-state index is 12.9. The molecular formula is C20H16F3N3O3. The van der Waals surface area contributed by atoms with Gasteiger partial charge in [0.15, 0.2) is 0 Å². The van der Waals surface area contributed by atoms with Gasteiger partial charge in [-0.3, -0.25) is 4.90 Å². The highest BCUT2D eigenvalue weighted by atomic mass is 19.4. The van der Waals surface area contributed by atoms with E-state index >= 15 is 0 Å². The second kappa shape index (κ2) is 8.56. The molecule has 3 rings (SSSR count). The molecule has 29 heavy (non-hydrogen) atoms. The lowest BCUT2D eigenvalue weighted by Crippen LogP contribution is -2.29. The summed E-state index contributed by atoms with van der Waals surface area (Å²) in [4.78, 5) is 24.8. The lowest BCUT2D eigenvalue weighted by Gasteiger charge is -2.13. The fraction of sp³-hybridized carbons (Fsp3) is 0.200. The summed E-state index contributed by atoms with van der Waals surface area (Å²) >= 11 is 0. The zero-order valence-corrected chi connectivity index (χ0v) is 15.0. The van der Waals surface area contributed by atoms with Crippen LogP contribution in [0.2, 0.25) is 0 Å². The lowest BCUT2D eigenvalue weighted by atomic mass is 10.1. The predicted octanol–water partition coefficient (Wildman–Crippen LogP) is 3.84. The van der Waals surface area contributed by atoms with Crippen LogP contribution in [0.3, 0.4) is 0 Å². The summed E-state index contributed by atoms with van der Waals surface area (Å²) in [7, 11) is 0. The van der Waals surface area contributed by atoms with E-state index in [0.29, 0.717) is 24.4 Å². The number of cyclic esters (lactones) is 1. The average Bonchev–Trinajstić information content (AvgIpc) is 3.11. The molecule has 6 nitrogen and oxygen atoms in total. The van der Waals surface area contributed by atoms with Crippen LogP contribution in [-0.2, 0) is 10.9 Å². The van der Waals surface area contributed by atoms with Crippen LogP contribution in [0.25, 0.3) is 0 Å². The maximum Gasteiger partial charge on any atom is 0.418 e. The number of carbonyl (C=O) groups is 2. The van der Waals surface area contributed by atoms with Crippen LogP contribution in [0.4, 0.5) is 34.1 Å². The smallest absolute Gasteiger partial charge is 0.418 e. The molecule has 0 unspecified atom stereocenters. The SMILES string of the molecule is O=C(NCC#Cc1ccc(N2CCOC2=O)cc1)Nc1ccccc1C(F)(F)F. The van der Waals surface area contributed by atoms with E-state index in [1.165, 1.54) is 23.1 Å². The molecule has 0 radical (unpaired) electrons. The Morgan fingerprint density at radius 1 is 1.14 bits per heavy atom. The Morgan fingerprint density at radius 2 is 1.86 bits per heavy atom. The van der Waals surface area contributed by atoms with Gasteiger partial charge in [0, 0.05) is 11.3 Å². The van der Waals surface area contributed by atoms with Gasteiger partial charge in [-0.1, -0.05) is 24.0 Å². The number of para-hydroxylation sites is 1. The highest BCUT2D eigenvalue weighted by molar-refractivity contribution is 5.90. The third-order valence-corrected chi connectivity index (χ3v) is 3.99. The van der Waals surface area contributed by atoms with Crippen molar-refractivity contribution in [3.05, 3.63) is 59.7 Å². The Hall–Kier alpha value is -3.67. The first-order valence-corrected chi connectivity index (χ1v) is 8.59. The van der Waals surface area contributed by atoms with Crippen molar-refractivity contribution in [2.75, 3.05) is 29.9 Å². The van der Waals surface area contributed by atoms with E-state index in [2.05, 4.69) is 22.5 Å². The van der Waals surface area contributed by atoms with Gasteiger partial charge in [-0.25, -0.2) is 9.59 Å². The summed E-state index contributed by atoms with van der Waals surface area (Å²) < 4.78 is 43.6. The molecule has 2 aromatic rings. The predicted molar refractivity (Wildman–Crippen MR) is 100 cm³/mol. The van der Waals surface area contributed by atoms with Crippen molar-refractivity contribution < 1.29 is 27.5 Å². The van der Waals surface area contributed by atoms with E-state index in [9.17, 15) is 22.8 Å². The lowest BCUT2D eigenvalue weighted by molar-refractivity contribution is -0.136. The number of halogens is 3. The van der Waals surface area contributed by atoms with Crippen LogP contribution >= 0.6 is 0 Å². The largest absolute Gasteiger partial charge is 0.447 e. The first-order valence-electron chi connectivity index (χ1n) is 8.59. The standard InChI is InChI=1S/C20H16F3N3O3/c21-20(22,23)16-5-1-2-6-17(16)25-18(27)24-11-3-4-14-7-9-15(10-8-14)26-12-13-29-19(26)28/h1-2,5-10H,11-13H2,(H2,24,25,27). The monoisotopic (exact) mass is 403 g/mol. The van der Waals surface area contributed by atoms with Crippen LogP contribution < -0.4 is 15.5 Å². The number of rotatable bonds is 3. The number of amides is 3. The van der Waals surface area contributed by atoms with Crippen molar-refractivity contribution >= 4 is 23.5 Å². The molecule has 1 aliphatic heterocycles. The molecule has 1 heterocycles. The van der Waals surface area contributed by atoms with Gasteiger partial charge >= 0.3 is 18.3 Å². The average molecular weight is 403 g/mol. The summed E-state index contributed by atoms with van der Waals surface area (Å²) in [6, 6.07) is 10.8. The summed E-state index contributed by atoms with van der Waals surface area (Å²) in [5.74, 6) is 5.53. The first kappa shape index (κ1) is 20.1. The van der Waals surface area contributed by atoms with E-state index in [1.54, 1.807) is 24.3 Å². The fourth-order valence-electron chi connectivity index (χ4n) is 2.63. The van der Waals surface area contributed by atoms with Gasteiger partial charge in [0.25, 0.3) is 0 Å². The molecule has 3 amide bonds. The van der Waals surface area contributed by atoms with Gasteiger partial charge in [-0.15, -0.1) is 0 Å². The van der Waals surface area contributed by atoms with Gasteiger partial charge in [0.1, 0.15) is 6.61 Å². The van der Waals surface area contributed by atoms with Gasteiger partial charge in [0.05, 0.1) is 24.3 Å². The van der Waals surface area contributed by atoms with E-state index in [-0.39, 0.29) is 12.2 Å². The van der Waals surface area contributed by atoms with Gasteiger partial charge in [-0.05, 0) is 36.4 Å². The molecule has 0 spiro atoms. The molecule has 1 saturated heterocycles. The Labute approximate surface area is 164 Å². The third kappa shape index (κ3) is 5.19. The van der Waals surface area contributed by atoms with Gasteiger partial charge in [-0.2, -0.15) is 13.2 Å². The zero-order valence-electron chi connectivity index (χ0n) is 15.0. The van der Waals surface area contributed by atoms with E-state index in [4.69, 9.17) is 4.74 Å². The number of nitrogens with one attached hydrogen (secondary N) is 2. The van der Waals surface area contributed by atoms with Gasteiger partial charge < -0.3 is 15.4 Å². The van der Waals surface area contributed by atoms with Crippen molar-refractivity contribution in [2.45, 2.75) is 6.18 Å². The first-order chi connectivity index (χ1) is 13.8. The molecule has 1 aliphatic rings. The Morgan fingerprint density at radius 3 is 2.52 bits per heavy atom. The fourth-order valence-corrected chi connectivity index (χ4v) is 2.63. The number of nitrogens with zero attached hydrogens (tertiary/aromatic N) is 1. The van der Waals surface area contributed by atoms with Crippen molar-refractivity contribution in [2.24, 2.45) is 0 Å². The Balaban J connectivity index is 1.53. The van der Waals surface area contributed by atoms with Crippen molar-refractivity contribution in [1.82, 2.24) is 5.32 Å². The number of urea groups is 1. The molecule has 1 fully saturated rings. The number of hydrogen-bond donors (Lipinski definition) is 2. The highest BCUT2D eigenvalue weighted by Crippen LogP contribution is 2.34. The molecule has 150 valence electrons. The third-order valence-electron chi connectivity index (χ3n) is 3.99. The molecule has 0 atom stereocenters. The summed E-state index contributed by atoms with van der Waals surface area (Å²) in [6.07, 6.45) is -4.96. The van der Waals surface area contributed by atoms with E-state index in [1.807, 2.05) is 0 Å². The number of ether oxygens (including phenoxy) is 1. The molecule has 0 aromatic heterocycles. The second-order valence-electron chi connectivity index (χ2n) is 5.97. The van der Waals surface area contributed by atoms with Crippen molar-refractivity contribution in [3.63, 3.8) is 0 Å². The Kier molecular flexibility index (Phi) is 5.93. The van der Waals surface area contributed by atoms with Crippen molar-refractivity contribution in [3.8, 4) is 11.8 Å². The summed E-state index contributed by atoms with van der Waals surface area (Å²) in [6.45, 7) is 0.780. The normalized spacial score (nSPS) is 13.3. The zero-order chi connectivity index (χ0) is 20.9. The molecule has 0 bridgehead atoms. The number of carbonyl (C=O) groups excluding carboxylic acids is 2. The minimum Gasteiger partial charge on any atom is -0.447 e. The molecular weight excluding hydrogens is 387 g/mol. The summed E-state index contributed by atoms with van der Waals surface area (Å²) in [5, 5.41) is 4.55. The number of hydrogen-bond acceptors (Lipinski definition) is 3. The van der Waals surface area contributed by atoms with E-state index in [0.717, 1.165) is 6.07 Å². The highest BCUT2D eigenvalue weighted by Gasteiger charge is 2.33. The molecule has 2 N–H and O–H groups in total. The number of alkyl halides is 3. The van der Waals surface area contributed by atoms with Crippen LogP contribution in [0.5, 0.6) is 0 Å². The minimum atomic E-state index is -4.57. The van der Waals surface area contributed by atoms with Crippen LogP contribution in [0.1, 0.15) is 11.1 Å². The van der Waals surface area contributed by atoms with E-state index < -0.39 is 23.9 Å². The van der Waals surface area contributed by atoms with Crippen LogP contribution in [-0.4, -0.2) is 31.8 Å². The number of benzene rings is 2. The second-order valence-corrected chi connectivity index (χ2v) is 5.97. The topological polar surface area (TPSA) is 70.7 Å². The Bertz CT molecular complexity index is 963. The maximum atomic E-state index is 12.9. The van der Waals surface area contributed by atoms with Crippen molar-refractivity contribution in [1.29, 1.82) is 0 Å².